The van der Waals surface area contributed by atoms with Crippen molar-refractivity contribution in [3.63, 3.8) is 0 Å². The zero-order valence-corrected chi connectivity index (χ0v) is 17.1. The zero-order chi connectivity index (χ0) is 21.5. The van der Waals surface area contributed by atoms with Crippen LogP contribution in [0.1, 0.15) is 41.4 Å². The van der Waals surface area contributed by atoms with Crippen molar-refractivity contribution in [2.24, 2.45) is 0 Å². The van der Waals surface area contributed by atoms with Crippen LogP contribution < -0.4 is 4.90 Å². The molecular formula is C22H25F3N4O. The minimum absolute atomic E-state index is 0.0498. The van der Waals surface area contributed by atoms with Crippen molar-refractivity contribution in [1.82, 2.24) is 14.5 Å². The summed E-state index contributed by atoms with van der Waals surface area (Å²) in [5.41, 5.74) is 2.73. The van der Waals surface area contributed by atoms with Crippen molar-refractivity contribution in [2.45, 2.75) is 38.9 Å². The molecule has 30 heavy (non-hydrogen) atoms. The summed E-state index contributed by atoms with van der Waals surface area (Å²) in [6, 6.07) is 5.15. The Labute approximate surface area is 173 Å². The number of aromatic nitrogens is 2. The van der Waals surface area contributed by atoms with Gasteiger partial charge in [0, 0.05) is 55.9 Å². The molecule has 160 valence electrons. The summed E-state index contributed by atoms with van der Waals surface area (Å²) in [4.78, 5) is 20.2. The van der Waals surface area contributed by atoms with E-state index in [9.17, 15) is 18.0 Å². The molecule has 1 aliphatic heterocycles. The summed E-state index contributed by atoms with van der Waals surface area (Å²) in [6.45, 7) is 6.27. The fourth-order valence-electron chi connectivity index (χ4n) is 4.03. The second kappa shape index (κ2) is 7.81. The van der Waals surface area contributed by atoms with E-state index in [0.29, 0.717) is 38.0 Å². The van der Waals surface area contributed by atoms with Crippen LogP contribution in [0.15, 0.2) is 30.5 Å². The number of pyridine rings is 1. The topological polar surface area (TPSA) is 41.4 Å². The number of carbonyl (C=O) groups is 1. The van der Waals surface area contributed by atoms with Crippen molar-refractivity contribution >= 4 is 17.8 Å². The van der Waals surface area contributed by atoms with E-state index in [2.05, 4.69) is 29.5 Å². The van der Waals surface area contributed by atoms with Gasteiger partial charge in [-0.15, -0.1) is 0 Å². The fourth-order valence-corrected chi connectivity index (χ4v) is 4.03. The van der Waals surface area contributed by atoms with Gasteiger partial charge >= 0.3 is 6.18 Å². The maximum absolute atomic E-state index is 12.7. The number of rotatable bonds is 4. The van der Waals surface area contributed by atoms with Gasteiger partial charge in [-0.25, -0.2) is 4.98 Å². The Hall–Kier alpha value is -2.77. The molecule has 5 nitrogen and oxygen atoms in total. The van der Waals surface area contributed by atoms with Crippen LogP contribution in [0.4, 0.5) is 19.0 Å². The van der Waals surface area contributed by atoms with E-state index >= 15 is 0 Å². The monoisotopic (exact) mass is 418 g/mol. The number of carbonyl (C=O) groups excluding carboxylic acids is 1. The highest BCUT2D eigenvalue weighted by Gasteiger charge is 2.31. The van der Waals surface area contributed by atoms with Gasteiger partial charge in [-0.1, -0.05) is 0 Å². The lowest BCUT2D eigenvalue weighted by atomic mass is 10.2. The average molecular weight is 418 g/mol. The van der Waals surface area contributed by atoms with Crippen LogP contribution in [0, 0.1) is 13.8 Å². The normalized spacial score (nSPS) is 17.8. The summed E-state index contributed by atoms with van der Waals surface area (Å²) in [5.74, 6) is 0.449. The summed E-state index contributed by atoms with van der Waals surface area (Å²) in [5, 5.41) is 0. The van der Waals surface area contributed by atoms with Gasteiger partial charge < -0.3 is 14.4 Å². The molecule has 2 fully saturated rings. The van der Waals surface area contributed by atoms with Crippen molar-refractivity contribution in [3.05, 3.63) is 53.0 Å². The lowest BCUT2D eigenvalue weighted by molar-refractivity contribution is -0.137. The Morgan fingerprint density at radius 1 is 1.13 bits per heavy atom. The third kappa shape index (κ3) is 4.22. The number of anilines is 1. The van der Waals surface area contributed by atoms with Crippen molar-refractivity contribution in [3.8, 4) is 0 Å². The summed E-state index contributed by atoms with van der Waals surface area (Å²) in [6.07, 6.45) is 2.40. The highest BCUT2D eigenvalue weighted by Crippen LogP contribution is 2.38. The summed E-state index contributed by atoms with van der Waals surface area (Å²) in [7, 11) is 0. The molecule has 1 amide bonds. The second-order valence-electron chi connectivity index (χ2n) is 7.98. The molecule has 1 saturated carbocycles. The lowest BCUT2D eigenvalue weighted by Gasteiger charge is -2.35. The molecular weight excluding hydrogens is 393 g/mol. The molecule has 0 spiro atoms. The van der Waals surface area contributed by atoms with Crippen LogP contribution in [0.2, 0.25) is 0 Å². The van der Waals surface area contributed by atoms with Gasteiger partial charge in [0.05, 0.1) is 5.56 Å². The molecule has 0 N–H and O–H groups in total. The van der Waals surface area contributed by atoms with E-state index in [1.807, 2.05) is 11.0 Å². The number of alkyl halides is 3. The van der Waals surface area contributed by atoms with Crippen molar-refractivity contribution in [1.29, 1.82) is 0 Å². The highest BCUT2D eigenvalue weighted by atomic mass is 19.4. The van der Waals surface area contributed by atoms with E-state index in [1.54, 1.807) is 11.0 Å². The molecule has 1 saturated heterocycles. The Balaban J connectivity index is 1.34. The van der Waals surface area contributed by atoms with Gasteiger partial charge in [0.25, 0.3) is 0 Å². The van der Waals surface area contributed by atoms with Crippen LogP contribution in [0.25, 0.3) is 6.08 Å². The predicted molar refractivity (Wildman–Crippen MR) is 109 cm³/mol. The molecule has 0 bridgehead atoms. The molecule has 2 aromatic rings. The number of piperazine rings is 1. The molecule has 3 heterocycles. The molecule has 0 radical (unpaired) electrons. The molecule has 0 aromatic carbocycles. The van der Waals surface area contributed by atoms with Gasteiger partial charge in [-0.2, -0.15) is 13.2 Å². The van der Waals surface area contributed by atoms with Crippen LogP contribution in [0.3, 0.4) is 0 Å². The molecule has 0 unspecified atom stereocenters. The van der Waals surface area contributed by atoms with E-state index in [-0.39, 0.29) is 5.91 Å². The van der Waals surface area contributed by atoms with Gasteiger partial charge in [-0.3, -0.25) is 4.79 Å². The minimum Gasteiger partial charge on any atom is -0.353 e. The number of amides is 1. The summed E-state index contributed by atoms with van der Waals surface area (Å²) < 4.78 is 40.4. The minimum atomic E-state index is -4.39. The van der Waals surface area contributed by atoms with E-state index in [1.165, 1.54) is 30.3 Å². The first-order valence-electron chi connectivity index (χ1n) is 10.2. The van der Waals surface area contributed by atoms with E-state index in [0.717, 1.165) is 17.8 Å². The molecule has 0 atom stereocenters. The Kier molecular flexibility index (Phi) is 5.34. The van der Waals surface area contributed by atoms with Crippen molar-refractivity contribution < 1.29 is 18.0 Å². The van der Waals surface area contributed by atoms with Crippen LogP contribution in [-0.4, -0.2) is 46.5 Å². The quantitative estimate of drug-likeness (QED) is 0.699. The van der Waals surface area contributed by atoms with Crippen LogP contribution in [0.5, 0.6) is 0 Å². The standard InChI is InChI=1S/C22H25F3N4O/c1-15-13-17(16(2)29(15)19-5-6-19)3-8-21(30)28-11-9-27(10-12-28)20-7-4-18(14-26-20)22(23,24)25/h3-4,7-8,13-14,19H,5-6,9-12H2,1-2H3/b8-3+. The first-order chi connectivity index (χ1) is 14.2. The Bertz CT molecular complexity index is 950. The predicted octanol–water partition coefficient (Wildman–Crippen LogP) is 4.22. The number of halogens is 3. The zero-order valence-electron chi connectivity index (χ0n) is 17.1. The number of hydrogen-bond donors (Lipinski definition) is 0. The third-order valence-electron chi connectivity index (χ3n) is 5.83. The van der Waals surface area contributed by atoms with E-state index < -0.39 is 11.7 Å². The van der Waals surface area contributed by atoms with Crippen molar-refractivity contribution in [2.75, 3.05) is 31.1 Å². The first kappa shape index (κ1) is 20.5. The molecule has 2 aromatic heterocycles. The fraction of sp³-hybridized carbons (Fsp3) is 0.455. The Morgan fingerprint density at radius 2 is 1.83 bits per heavy atom. The molecule has 2 aliphatic rings. The maximum Gasteiger partial charge on any atom is 0.417 e. The molecule has 1 aliphatic carbocycles. The number of hydrogen-bond acceptors (Lipinski definition) is 3. The SMILES string of the molecule is Cc1cc(/C=C/C(=O)N2CCN(c3ccc(C(F)(F)F)cn3)CC2)c(C)n1C1CC1. The summed E-state index contributed by atoms with van der Waals surface area (Å²) >= 11 is 0. The lowest BCUT2D eigenvalue weighted by Crippen LogP contribution is -2.48. The number of nitrogens with zero attached hydrogens (tertiary/aromatic N) is 4. The average Bonchev–Trinajstić information content (AvgIpc) is 3.51. The Morgan fingerprint density at radius 3 is 2.40 bits per heavy atom. The van der Waals surface area contributed by atoms with Crippen LogP contribution in [-0.2, 0) is 11.0 Å². The second-order valence-corrected chi connectivity index (χ2v) is 7.98. The van der Waals surface area contributed by atoms with Crippen LogP contribution >= 0.6 is 0 Å². The smallest absolute Gasteiger partial charge is 0.353 e. The number of aryl methyl sites for hydroxylation is 1. The van der Waals surface area contributed by atoms with Gasteiger partial charge in [0.15, 0.2) is 0 Å². The van der Waals surface area contributed by atoms with E-state index in [4.69, 9.17) is 0 Å². The van der Waals surface area contributed by atoms with Gasteiger partial charge in [-0.05, 0) is 56.5 Å². The first-order valence-corrected chi connectivity index (χ1v) is 10.2. The maximum atomic E-state index is 12.7. The largest absolute Gasteiger partial charge is 0.417 e. The van der Waals surface area contributed by atoms with Gasteiger partial charge in [0.2, 0.25) is 5.91 Å². The highest BCUT2D eigenvalue weighted by molar-refractivity contribution is 5.92. The van der Waals surface area contributed by atoms with Gasteiger partial charge in [0.1, 0.15) is 5.82 Å². The molecule has 8 heteroatoms. The third-order valence-corrected chi connectivity index (χ3v) is 5.83. The molecule has 4 rings (SSSR count).